The number of benzene rings is 2. The Labute approximate surface area is 184 Å². The highest BCUT2D eigenvalue weighted by Gasteiger charge is 2.48. The molecule has 2 aromatic carbocycles. The molecule has 8 heteroatoms. The molecule has 1 saturated heterocycles. The lowest BCUT2D eigenvalue weighted by atomic mass is 9.95. The van der Waals surface area contributed by atoms with Crippen LogP contribution in [0.15, 0.2) is 58.6 Å². The Morgan fingerprint density at radius 1 is 1.10 bits per heavy atom. The van der Waals surface area contributed by atoms with E-state index in [1.807, 2.05) is 13.8 Å². The summed E-state index contributed by atoms with van der Waals surface area (Å²) < 4.78 is 14.2. The summed E-state index contributed by atoms with van der Waals surface area (Å²) >= 11 is 4.69. The minimum absolute atomic E-state index is 0.0561. The number of ketones is 1. The second kappa shape index (κ2) is 7.77. The maximum absolute atomic E-state index is 13.3. The van der Waals surface area contributed by atoms with Crippen molar-refractivity contribution < 1.29 is 19.1 Å². The fourth-order valence-corrected chi connectivity index (χ4v) is 4.51. The van der Waals surface area contributed by atoms with Gasteiger partial charge in [-0.05, 0) is 55.8 Å². The SMILES string of the molecule is Cc1nc(N2C(=O)C(=O)C(=C(O)c3ccc(F)cc3)[C@H]2c2ccc(Br)cc2)sc1C. The van der Waals surface area contributed by atoms with Crippen LogP contribution in [0.1, 0.15) is 27.7 Å². The first-order valence-corrected chi connectivity index (χ1v) is 10.7. The van der Waals surface area contributed by atoms with Gasteiger partial charge in [-0.3, -0.25) is 14.5 Å². The van der Waals surface area contributed by atoms with E-state index in [2.05, 4.69) is 20.9 Å². The predicted molar refractivity (Wildman–Crippen MR) is 117 cm³/mol. The lowest BCUT2D eigenvalue weighted by molar-refractivity contribution is -0.132. The lowest BCUT2D eigenvalue weighted by Crippen LogP contribution is -2.29. The van der Waals surface area contributed by atoms with Crippen LogP contribution < -0.4 is 4.90 Å². The highest BCUT2D eigenvalue weighted by atomic mass is 79.9. The van der Waals surface area contributed by atoms with Crippen molar-refractivity contribution in [3.63, 3.8) is 0 Å². The highest BCUT2D eigenvalue weighted by molar-refractivity contribution is 9.10. The van der Waals surface area contributed by atoms with Gasteiger partial charge in [0.25, 0.3) is 5.78 Å². The number of aliphatic hydroxyl groups excluding tert-OH is 1. The van der Waals surface area contributed by atoms with Crippen molar-refractivity contribution in [1.29, 1.82) is 0 Å². The Bertz CT molecular complexity index is 1170. The predicted octanol–water partition coefficient (Wildman–Crippen LogP) is 5.29. The first kappa shape index (κ1) is 20.4. The van der Waals surface area contributed by atoms with Gasteiger partial charge < -0.3 is 5.11 Å². The quantitative estimate of drug-likeness (QED) is 0.310. The number of Topliss-reactive ketones (excluding diaryl/α,β-unsaturated/α-hetero) is 1. The zero-order valence-corrected chi connectivity index (χ0v) is 18.4. The molecule has 3 aromatic rings. The zero-order chi connectivity index (χ0) is 21.6. The number of amides is 1. The highest BCUT2D eigenvalue weighted by Crippen LogP contribution is 2.43. The Balaban J connectivity index is 1.94. The molecule has 1 N–H and O–H groups in total. The van der Waals surface area contributed by atoms with Crippen molar-refractivity contribution >= 4 is 49.8 Å². The Hall–Kier alpha value is -2.84. The summed E-state index contributed by atoms with van der Waals surface area (Å²) in [4.78, 5) is 32.7. The summed E-state index contributed by atoms with van der Waals surface area (Å²) in [7, 11) is 0. The number of nitrogens with zero attached hydrogens (tertiary/aromatic N) is 2. The second-order valence-electron chi connectivity index (χ2n) is 6.87. The van der Waals surface area contributed by atoms with Crippen LogP contribution in [-0.2, 0) is 9.59 Å². The van der Waals surface area contributed by atoms with Gasteiger partial charge >= 0.3 is 5.91 Å². The van der Waals surface area contributed by atoms with Crippen molar-refractivity contribution in [1.82, 2.24) is 4.98 Å². The fourth-order valence-electron chi connectivity index (χ4n) is 3.31. The normalized spacial score (nSPS) is 18.3. The number of anilines is 1. The molecule has 1 atom stereocenters. The van der Waals surface area contributed by atoms with Crippen LogP contribution >= 0.6 is 27.3 Å². The Kier molecular flexibility index (Phi) is 5.29. The molecular formula is C22H16BrFN2O3S. The zero-order valence-electron chi connectivity index (χ0n) is 16.0. The van der Waals surface area contributed by atoms with Crippen LogP contribution in [0.25, 0.3) is 5.76 Å². The van der Waals surface area contributed by atoms with E-state index in [9.17, 15) is 19.1 Å². The minimum atomic E-state index is -0.854. The van der Waals surface area contributed by atoms with Crippen LogP contribution in [0.4, 0.5) is 9.52 Å². The van der Waals surface area contributed by atoms with Gasteiger partial charge in [-0.2, -0.15) is 0 Å². The van der Waals surface area contributed by atoms with Crippen LogP contribution in [0, 0.1) is 19.7 Å². The number of rotatable bonds is 3. The number of aliphatic hydroxyl groups is 1. The second-order valence-corrected chi connectivity index (χ2v) is 8.96. The van der Waals surface area contributed by atoms with E-state index in [-0.39, 0.29) is 16.9 Å². The Morgan fingerprint density at radius 3 is 2.30 bits per heavy atom. The smallest absolute Gasteiger partial charge is 0.301 e. The molecule has 0 radical (unpaired) electrons. The van der Waals surface area contributed by atoms with Gasteiger partial charge in [-0.15, -0.1) is 11.3 Å². The molecule has 1 aromatic heterocycles. The molecule has 1 amide bonds. The van der Waals surface area contributed by atoms with Crippen molar-refractivity contribution in [2.45, 2.75) is 19.9 Å². The van der Waals surface area contributed by atoms with Crippen LogP contribution in [0.3, 0.4) is 0 Å². The van der Waals surface area contributed by atoms with E-state index in [1.54, 1.807) is 24.3 Å². The molecule has 0 aliphatic carbocycles. The maximum atomic E-state index is 13.3. The molecule has 1 aliphatic heterocycles. The molecular weight excluding hydrogens is 471 g/mol. The van der Waals surface area contributed by atoms with E-state index >= 15 is 0 Å². The first-order chi connectivity index (χ1) is 14.3. The summed E-state index contributed by atoms with van der Waals surface area (Å²) in [5.41, 5.74) is 1.61. The van der Waals surface area contributed by atoms with Gasteiger partial charge in [0.05, 0.1) is 17.3 Å². The molecule has 5 nitrogen and oxygen atoms in total. The number of carbonyl (C=O) groups is 2. The van der Waals surface area contributed by atoms with Gasteiger partial charge in [0, 0.05) is 14.9 Å². The molecule has 2 heterocycles. The third-order valence-electron chi connectivity index (χ3n) is 4.97. The average molecular weight is 487 g/mol. The van der Waals surface area contributed by atoms with Gasteiger partial charge in [0.1, 0.15) is 11.6 Å². The number of aromatic nitrogens is 1. The summed E-state index contributed by atoms with van der Waals surface area (Å²) in [5, 5.41) is 11.3. The number of aryl methyl sites for hydroxylation is 2. The third-order valence-corrected chi connectivity index (χ3v) is 6.57. The van der Waals surface area contributed by atoms with E-state index in [0.29, 0.717) is 10.7 Å². The molecule has 0 unspecified atom stereocenters. The molecule has 0 spiro atoms. The molecule has 1 aliphatic rings. The number of hydrogen-bond acceptors (Lipinski definition) is 5. The van der Waals surface area contributed by atoms with E-state index in [4.69, 9.17) is 0 Å². The summed E-state index contributed by atoms with van der Waals surface area (Å²) in [6, 6.07) is 11.4. The molecule has 0 saturated carbocycles. The number of carbonyl (C=O) groups excluding carboxylic acids is 2. The van der Waals surface area contributed by atoms with Crippen LogP contribution in [0.5, 0.6) is 0 Å². The van der Waals surface area contributed by atoms with Crippen molar-refractivity contribution in [3.8, 4) is 0 Å². The number of thiazole rings is 1. The van der Waals surface area contributed by atoms with E-state index in [0.717, 1.165) is 15.0 Å². The third kappa shape index (κ3) is 3.46. The van der Waals surface area contributed by atoms with Crippen LogP contribution in [-0.4, -0.2) is 21.8 Å². The standard InChI is InChI=1S/C22H16BrFN2O3S/c1-11-12(2)30-22(25-11)26-18(13-3-7-15(23)8-4-13)17(20(28)21(26)29)19(27)14-5-9-16(24)10-6-14/h3-10,18,27H,1-2H3/t18-/m1/s1. The van der Waals surface area contributed by atoms with Crippen molar-refractivity contribution in [2.75, 3.05) is 4.90 Å². The van der Waals surface area contributed by atoms with Gasteiger partial charge in [0.2, 0.25) is 0 Å². The lowest BCUT2D eigenvalue weighted by Gasteiger charge is -2.23. The van der Waals surface area contributed by atoms with Crippen LogP contribution in [0.2, 0.25) is 0 Å². The number of halogens is 2. The Morgan fingerprint density at radius 2 is 1.73 bits per heavy atom. The first-order valence-electron chi connectivity index (χ1n) is 9.04. The largest absolute Gasteiger partial charge is 0.507 e. The van der Waals surface area contributed by atoms with Crippen molar-refractivity contribution in [3.05, 3.63) is 86.1 Å². The van der Waals surface area contributed by atoms with Crippen molar-refractivity contribution in [2.24, 2.45) is 0 Å². The van der Waals surface area contributed by atoms with Gasteiger partial charge in [-0.25, -0.2) is 9.37 Å². The van der Waals surface area contributed by atoms with Gasteiger partial charge in [-0.1, -0.05) is 28.1 Å². The molecule has 30 heavy (non-hydrogen) atoms. The monoisotopic (exact) mass is 486 g/mol. The van der Waals surface area contributed by atoms with Gasteiger partial charge in [0.15, 0.2) is 5.13 Å². The summed E-state index contributed by atoms with van der Waals surface area (Å²) in [5.74, 6) is -2.39. The van der Waals surface area contributed by atoms with E-state index in [1.165, 1.54) is 40.5 Å². The molecule has 4 rings (SSSR count). The number of hydrogen-bond donors (Lipinski definition) is 1. The summed E-state index contributed by atoms with van der Waals surface area (Å²) in [6.45, 7) is 3.72. The van der Waals surface area contributed by atoms with E-state index < -0.39 is 23.5 Å². The average Bonchev–Trinajstić information content (AvgIpc) is 3.18. The fraction of sp³-hybridized carbons (Fsp3) is 0.136. The minimum Gasteiger partial charge on any atom is -0.507 e. The maximum Gasteiger partial charge on any atom is 0.301 e. The topological polar surface area (TPSA) is 70.5 Å². The summed E-state index contributed by atoms with van der Waals surface area (Å²) in [6.07, 6.45) is 0. The molecule has 152 valence electrons. The molecule has 1 fully saturated rings. The molecule has 0 bridgehead atoms.